The zero-order valence-corrected chi connectivity index (χ0v) is 21.2. The van der Waals surface area contributed by atoms with E-state index in [4.69, 9.17) is 0 Å². The Labute approximate surface area is 228 Å². The van der Waals surface area contributed by atoms with Gasteiger partial charge in [0.2, 0.25) is 0 Å². The zero-order valence-electron chi connectivity index (χ0n) is 19.6. The van der Waals surface area contributed by atoms with Crippen molar-refractivity contribution in [1.29, 1.82) is 0 Å². The first-order chi connectivity index (χ1) is 17.5. The summed E-state index contributed by atoms with van der Waals surface area (Å²) in [6, 6.07) is 36.1. The minimum atomic E-state index is -0.687. The Morgan fingerprint density at radius 1 is 0.486 bits per heavy atom. The van der Waals surface area contributed by atoms with Gasteiger partial charge < -0.3 is 9.13 Å². The summed E-state index contributed by atoms with van der Waals surface area (Å²) < 4.78 is 54.3. The van der Waals surface area contributed by atoms with E-state index in [0.717, 1.165) is 0 Å². The van der Waals surface area contributed by atoms with Crippen LogP contribution < -0.4 is 0 Å². The van der Waals surface area contributed by atoms with Crippen LogP contribution in [-0.2, 0) is 21.7 Å². The number of rotatable bonds is 2. The van der Waals surface area contributed by atoms with E-state index in [9.17, 15) is 17.6 Å². The standard InChI is InChI=1S/2C10H6F2N.2C5H5.Ti/c2*11-8-3-4-10(9(12)7-8)13-5-1-2-6-13;2*1-2-4-5-3-1;/h2*1-6H;2*1-5H;/q4*-1;+4. The Balaban J connectivity index is 0.000000187. The Morgan fingerprint density at radius 2 is 0.811 bits per heavy atom. The van der Waals surface area contributed by atoms with Crippen LogP contribution in [0.5, 0.6) is 0 Å². The number of hydrogen-bond donors (Lipinski definition) is 0. The molecule has 6 rings (SSSR count). The molecule has 0 aliphatic rings. The molecule has 184 valence electrons. The Morgan fingerprint density at radius 3 is 1.05 bits per heavy atom. The van der Waals surface area contributed by atoms with E-state index in [-0.39, 0.29) is 21.7 Å². The van der Waals surface area contributed by atoms with Gasteiger partial charge in [-0.25, -0.2) is 41.8 Å². The summed E-state index contributed by atoms with van der Waals surface area (Å²) in [7, 11) is 0. The molecule has 0 aliphatic carbocycles. The van der Waals surface area contributed by atoms with E-state index in [1.165, 1.54) is 24.3 Å². The quantitative estimate of drug-likeness (QED) is 0.121. The molecule has 0 saturated carbocycles. The molecule has 0 aliphatic heterocycles. The molecule has 4 aromatic carbocycles. The van der Waals surface area contributed by atoms with Gasteiger partial charge in [0.1, 0.15) is 0 Å². The monoisotopic (exact) mass is 534 g/mol. The summed E-state index contributed by atoms with van der Waals surface area (Å²) in [6.45, 7) is 0. The number of hydrogen-bond acceptors (Lipinski definition) is 0. The predicted molar refractivity (Wildman–Crippen MR) is 133 cm³/mol. The summed E-state index contributed by atoms with van der Waals surface area (Å²) in [5.41, 5.74) is 0.595. The van der Waals surface area contributed by atoms with Gasteiger partial charge in [0.15, 0.2) is 0 Å². The molecule has 0 bridgehead atoms. The van der Waals surface area contributed by atoms with Gasteiger partial charge in [0, 0.05) is 23.3 Å². The van der Waals surface area contributed by atoms with Crippen LogP contribution in [0.25, 0.3) is 11.4 Å². The average molecular weight is 534 g/mol. The number of nitrogens with zero attached hydrogens (tertiary/aromatic N) is 2. The molecule has 6 aromatic rings. The summed E-state index contributed by atoms with van der Waals surface area (Å²) in [4.78, 5) is 0. The second kappa shape index (κ2) is 16.0. The fourth-order valence-corrected chi connectivity index (χ4v) is 2.90. The van der Waals surface area contributed by atoms with Crippen molar-refractivity contribution in [1.82, 2.24) is 9.13 Å². The molecule has 0 fully saturated rings. The van der Waals surface area contributed by atoms with Crippen LogP contribution in [0.2, 0.25) is 0 Å². The fraction of sp³-hybridized carbons (Fsp3) is 0. The van der Waals surface area contributed by atoms with E-state index in [0.29, 0.717) is 11.4 Å². The van der Waals surface area contributed by atoms with Gasteiger partial charge in [0.25, 0.3) is 0 Å². The molecule has 0 amide bonds. The predicted octanol–water partition coefficient (Wildman–Crippen LogP) is 7.92. The zero-order chi connectivity index (χ0) is 25.6. The molecule has 0 N–H and O–H groups in total. The maximum atomic E-state index is 13.1. The molecule has 0 atom stereocenters. The fourth-order valence-electron chi connectivity index (χ4n) is 2.90. The second-order valence-electron chi connectivity index (χ2n) is 7.12. The maximum absolute atomic E-state index is 13.1. The molecule has 0 radical (unpaired) electrons. The summed E-state index contributed by atoms with van der Waals surface area (Å²) in [5.74, 6) is -2.74. The topological polar surface area (TPSA) is 9.86 Å². The van der Waals surface area contributed by atoms with Gasteiger partial charge in [-0.1, -0.05) is 0 Å². The average Bonchev–Trinajstić information content (AvgIpc) is 3.69. The van der Waals surface area contributed by atoms with E-state index in [1.807, 2.05) is 72.8 Å². The SMILES string of the molecule is Fc1[c-]c(F)c(-n2cccc2)cc1.Fc1[c-]c(F)c(-n2cccc2)cc1.[Ti+4].c1cc[cH-]c1.c1cc[cH-]c1. The van der Waals surface area contributed by atoms with E-state index in [1.54, 1.807) is 58.2 Å². The largest absolute Gasteiger partial charge is 4.00 e. The van der Waals surface area contributed by atoms with E-state index in [2.05, 4.69) is 0 Å². The minimum Gasteiger partial charge on any atom is -0.375 e. The van der Waals surface area contributed by atoms with Crippen LogP contribution in [0.3, 0.4) is 0 Å². The number of benzene rings is 2. The van der Waals surface area contributed by atoms with Crippen LogP contribution in [-0.4, -0.2) is 9.13 Å². The second-order valence-corrected chi connectivity index (χ2v) is 7.12. The molecule has 0 spiro atoms. The van der Waals surface area contributed by atoms with Crippen molar-refractivity contribution in [3.8, 4) is 11.4 Å². The van der Waals surface area contributed by atoms with Crippen LogP contribution in [0, 0.1) is 35.4 Å². The smallest absolute Gasteiger partial charge is 0.375 e. The van der Waals surface area contributed by atoms with Gasteiger partial charge in [-0.15, -0.1) is 36.4 Å². The van der Waals surface area contributed by atoms with Crippen LogP contribution in [0.1, 0.15) is 0 Å². The summed E-state index contributed by atoms with van der Waals surface area (Å²) >= 11 is 0. The van der Waals surface area contributed by atoms with E-state index >= 15 is 0 Å². The first-order valence-corrected chi connectivity index (χ1v) is 10.9. The molecular formula is C30H22F4N2Ti. The molecule has 2 aromatic heterocycles. The molecule has 2 heterocycles. The Bertz CT molecular complexity index is 1220. The summed E-state index contributed by atoms with van der Waals surface area (Å²) in [6.07, 6.45) is 6.74. The van der Waals surface area contributed by atoms with Crippen LogP contribution in [0.4, 0.5) is 17.6 Å². The van der Waals surface area contributed by atoms with Crippen LogP contribution >= 0.6 is 0 Å². The van der Waals surface area contributed by atoms with Crippen molar-refractivity contribution in [3.05, 3.63) is 169 Å². The molecule has 0 saturated heterocycles. The molecule has 7 heteroatoms. The third kappa shape index (κ3) is 9.96. The summed E-state index contributed by atoms with van der Waals surface area (Å²) in [5, 5.41) is 0. The van der Waals surface area contributed by atoms with Gasteiger partial charge in [-0.05, 0) is 60.4 Å². The van der Waals surface area contributed by atoms with Gasteiger partial charge >= 0.3 is 21.7 Å². The Kier molecular flexibility index (Phi) is 12.7. The van der Waals surface area contributed by atoms with Crippen molar-refractivity contribution in [2.75, 3.05) is 0 Å². The van der Waals surface area contributed by atoms with Gasteiger partial charge in [-0.2, -0.15) is 36.4 Å². The third-order valence-corrected chi connectivity index (χ3v) is 4.56. The molecule has 2 nitrogen and oxygen atoms in total. The van der Waals surface area contributed by atoms with Gasteiger partial charge in [0.05, 0.1) is 0 Å². The van der Waals surface area contributed by atoms with Gasteiger partial charge in [-0.3, -0.25) is 0 Å². The van der Waals surface area contributed by atoms with Crippen molar-refractivity contribution >= 4 is 0 Å². The molecule has 37 heavy (non-hydrogen) atoms. The molecule has 0 unspecified atom stereocenters. The van der Waals surface area contributed by atoms with Crippen molar-refractivity contribution < 1.29 is 39.3 Å². The third-order valence-electron chi connectivity index (χ3n) is 4.56. The first-order valence-electron chi connectivity index (χ1n) is 10.9. The maximum Gasteiger partial charge on any atom is 4.00 e. The minimum absolute atomic E-state index is 0. The van der Waals surface area contributed by atoms with Crippen molar-refractivity contribution in [3.63, 3.8) is 0 Å². The van der Waals surface area contributed by atoms with Crippen LogP contribution in [0.15, 0.2) is 134 Å². The number of aromatic nitrogens is 2. The first kappa shape index (κ1) is 29.4. The van der Waals surface area contributed by atoms with E-state index < -0.39 is 23.3 Å². The van der Waals surface area contributed by atoms with Crippen molar-refractivity contribution in [2.45, 2.75) is 0 Å². The molecular weight excluding hydrogens is 512 g/mol. The van der Waals surface area contributed by atoms with Crippen molar-refractivity contribution in [2.24, 2.45) is 0 Å². The number of halogens is 4. The normalized spacial score (nSPS) is 9.41. The Hall–Kier alpha value is -3.87.